The van der Waals surface area contributed by atoms with Crippen molar-refractivity contribution >= 4 is 39.3 Å². The highest BCUT2D eigenvalue weighted by Gasteiger charge is 2.27. The Balaban J connectivity index is 1.96. The van der Waals surface area contributed by atoms with Crippen LogP contribution in [0.1, 0.15) is 27.9 Å². The second kappa shape index (κ2) is 6.90. The van der Waals surface area contributed by atoms with Crippen LogP contribution in [0.3, 0.4) is 0 Å². The monoisotopic (exact) mass is 376 g/mol. The number of fused-ring (bicyclic) bond motifs is 1. The molecule has 1 aliphatic heterocycles. The first-order chi connectivity index (χ1) is 11.9. The molecule has 0 atom stereocenters. The number of halogens is 1. The number of sulfonamides is 1. The highest BCUT2D eigenvalue weighted by molar-refractivity contribution is 7.95. The van der Waals surface area contributed by atoms with Crippen LogP contribution in [0.5, 0.6) is 0 Å². The highest BCUT2D eigenvalue weighted by atomic mass is 35.5. The zero-order valence-electron chi connectivity index (χ0n) is 13.4. The Labute approximate surface area is 151 Å². The second-order valence-electron chi connectivity index (χ2n) is 5.74. The van der Waals surface area contributed by atoms with E-state index >= 15 is 0 Å². The third-order valence-corrected chi connectivity index (χ3v) is 5.81. The normalized spacial score (nSPS) is 14.5. The third-order valence-electron chi connectivity index (χ3n) is 4.08. The summed E-state index contributed by atoms with van der Waals surface area (Å²) in [4.78, 5) is 11.6. The van der Waals surface area contributed by atoms with Crippen LogP contribution in [0, 0.1) is 0 Å². The number of primary amides is 1. The summed E-state index contributed by atoms with van der Waals surface area (Å²) in [5, 5.41) is 1.76. The van der Waals surface area contributed by atoms with Crippen molar-refractivity contribution in [2.24, 2.45) is 5.73 Å². The maximum absolute atomic E-state index is 12.8. The molecular weight excluding hydrogens is 360 g/mol. The van der Waals surface area contributed by atoms with Crippen molar-refractivity contribution in [3.05, 3.63) is 69.6 Å². The molecule has 0 unspecified atom stereocenters. The Morgan fingerprint density at radius 3 is 2.56 bits per heavy atom. The van der Waals surface area contributed by atoms with Crippen LogP contribution in [0.2, 0.25) is 5.02 Å². The van der Waals surface area contributed by atoms with Gasteiger partial charge in [0.25, 0.3) is 10.0 Å². The van der Waals surface area contributed by atoms with Crippen molar-refractivity contribution in [1.82, 2.24) is 0 Å². The molecule has 0 aliphatic carbocycles. The van der Waals surface area contributed by atoms with Crippen LogP contribution in [-0.2, 0) is 16.4 Å². The lowest BCUT2D eigenvalue weighted by atomic mass is 9.97. The van der Waals surface area contributed by atoms with E-state index in [1.807, 2.05) is 0 Å². The summed E-state index contributed by atoms with van der Waals surface area (Å²) >= 11 is 5.83. The van der Waals surface area contributed by atoms with E-state index in [0.29, 0.717) is 41.2 Å². The summed E-state index contributed by atoms with van der Waals surface area (Å²) in [7, 11) is -3.68. The number of rotatable bonds is 4. The standard InChI is InChI=1S/C18H17ClN2O3S/c19-14-8-6-13(7-9-14)10-12-25(23,24)21-11-2-4-15-16(18(20)22)3-1-5-17(15)21/h1,3,5-10,12H,2,4,11H2,(H2,20,22)/b12-10+. The van der Waals surface area contributed by atoms with E-state index in [0.717, 1.165) is 5.56 Å². The number of nitrogens with zero attached hydrogens (tertiary/aromatic N) is 1. The molecule has 130 valence electrons. The van der Waals surface area contributed by atoms with Gasteiger partial charge in [0.1, 0.15) is 0 Å². The van der Waals surface area contributed by atoms with E-state index in [9.17, 15) is 13.2 Å². The summed E-state index contributed by atoms with van der Waals surface area (Å²) in [5.74, 6) is -0.548. The van der Waals surface area contributed by atoms with Crippen molar-refractivity contribution < 1.29 is 13.2 Å². The van der Waals surface area contributed by atoms with Gasteiger partial charge in [-0.25, -0.2) is 8.42 Å². The Hall–Kier alpha value is -2.31. The Kier molecular flexibility index (Phi) is 4.83. The van der Waals surface area contributed by atoms with Gasteiger partial charge in [0.2, 0.25) is 5.91 Å². The molecule has 2 aromatic rings. The molecular formula is C18H17ClN2O3S. The number of hydrogen-bond acceptors (Lipinski definition) is 3. The van der Waals surface area contributed by atoms with Gasteiger partial charge in [0, 0.05) is 17.1 Å². The fraction of sp³-hybridized carbons (Fsp3) is 0.167. The summed E-state index contributed by atoms with van der Waals surface area (Å²) in [5.41, 5.74) is 7.72. The van der Waals surface area contributed by atoms with Crippen molar-refractivity contribution in [3.8, 4) is 0 Å². The number of benzene rings is 2. The first kappa shape index (κ1) is 17.5. The van der Waals surface area contributed by atoms with Gasteiger partial charge in [0.05, 0.1) is 11.1 Å². The van der Waals surface area contributed by atoms with Gasteiger partial charge in [-0.15, -0.1) is 0 Å². The van der Waals surface area contributed by atoms with Gasteiger partial charge in [-0.05, 0) is 54.3 Å². The fourth-order valence-corrected chi connectivity index (χ4v) is 4.33. The molecule has 0 aromatic heterocycles. The van der Waals surface area contributed by atoms with Gasteiger partial charge in [0.15, 0.2) is 0 Å². The van der Waals surface area contributed by atoms with Gasteiger partial charge in [-0.1, -0.05) is 29.8 Å². The Morgan fingerprint density at radius 1 is 1.16 bits per heavy atom. The Bertz CT molecular complexity index is 937. The van der Waals surface area contributed by atoms with Crippen molar-refractivity contribution in [2.75, 3.05) is 10.8 Å². The quantitative estimate of drug-likeness (QED) is 0.889. The molecule has 5 nitrogen and oxygen atoms in total. The van der Waals surface area contributed by atoms with E-state index in [-0.39, 0.29) is 0 Å². The van der Waals surface area contributed by atoms with E-state index in [1.165, 1.54) is 15.8 Å². The van der Waals surface area contributed by atoms with E-state index in [4.69, 9.17) is 17.3 Å². The van der Waals surface area contributed by atoms with Crippen molar-refractivity contribution in [2.45, 2.75) is 12.8 Å². The molecule has 0 bridgehead atoms. The first-order valence-corrected chi connectivity index (χ1v) is 9.65. The van der Waals surface area contributed by atoms with Crippen LogP contribution >= 0.6 is 11.6 Å². The fourth-order valence-electron chi connectivity index (χ4n) is 2.90. The predicted octanol–water partition coefficient (Wildman–Crippen LogP) is 3.19. The topological polar surface area (TPSA) is 80.5 Å². The zero-order chi connectivity index (χ0) is 18.0. The lowest BCUT2D eigenvalue weighted by molar-refractivity contribution is 0.0999. The highest BCUT2D eigenvalue weighted by Crippen LogP contribution is 2.32. The lowest BCUT2D eigenvalue weighted by Crippen LogP contribution is -2.35. The number of hydrogen-bond donors (Lipinski definition) is 1. The zero-order valence-corrected chi connectivity index (χ0v) is 14.9. The molecule has 1 heterocycles. The van der Waals surface area contributed by atoms with E-state index in [2.05, 4.69) is 0 Å². The smallest absolute Gasteiger partial charge is 0.257 e. The van der Waals surface area contributed by atoms with Crippen LogP contribution in [-0.4, -0.2) is 20.9 Å². The van der Waals surface area contributed by atoms with Gasteiger partial charge in [-0.2, -0.15) is 0 Å². The SMILES string of the molecule is NC(=O)c1cccc2c1CCCN2S(=O)(=O)/C=C/c1ccc(Cl)cc1. The van der Waals surface area contributed by atoms with Gasteiger partial charge < -0.3 is 5.73 Å². The molecule has 2 N–H and O–H groups in total. The predicted molar refractivity (Wildman–Crippen MR) is 100 cm³/mol. The van der Waals surface area contributed by atoms with Crippen LogP contribution in [0.4, 0.5) is 5.69 Å². The lowest BCUT2D eigenvalue weighted by Gasteiger charge is -2.30. The van der Waals surface area contributed by atoms with Gasteiger partial charge in [-0.3, -0.25) is 9.10 Å². The maximum atomic E-state index is 12.8. The Morgan fingerprint density at radius 2 is 1.88 bits per heavy atom. The minimum Gasteiger partial charge on any atom is -0.366 e. The number of carbonyl (C=O) groups excluding carboxylic acids is 1. The molecule has 0 radical (unpaired) electrons. The molecule has 7 heteroatoms. The maximum Gasteiger partial charge on any atom is 0.257 e. The number of carbonyl (C=O) groups is 1. The van der Waals surface area contributed by atoms with E-state index < -0.39 is 15.9 Å². The largest absolute Gasteiger partial charge is 0.366 e. The average molecular weight is 377 g/mol. The first-order valence-electron chi connectivity index (χ1n) is 7.76. The molecule has 1 amide bonds. The molecule has 0 saturated heterocycles. The minimum atomic E-state index is -3.68. The second-order valence-corrected chi connectivity index (χ2v) is 7.92. The van der Waals surface area contributed by atoms with Crippen LogP contribution in [0.25, 0.3) is 6.08 Å². The van der Waals surface area contributed by atoms with E-state index in [1.54, 1.807) is 42.5 Å². The average Bonchev–Trinajstić information content (AvgIpc) is 2.60. The van der Waals surface area contributed by atoms with Crippen LogP contribution < -0.4 is 10.0 Å². The van der Waals surface area contributed by atoms with Crippen molar-refractivity contribution in [3.63, 3.8) is 0 Å². The van der Waals surface area contributed by atoms with Gasteiger partial charge >= 0.3 is 0 Å². The summed E-state index contributed by atoms with van der Waals surface area (Å²) < 4.78 is 26.9. The summed E-state index contributed by atoms with van der Waals surface area (Å²) in [6.45, 7) is 0.364. The minimum absolute atomic E-state index is 0.364. The molecule has 25 heavy (non-hydrogen) atoms. The molecule has 0 fully saturated rings. The molecule has 3 rings (SSSR count). The summed E-state index contributed by atoms with van der Waals surface area (Å²) in [6, 6.07) is 11.9. The molecule has 2 aromatic carbocycles. The van der Waals surface area contributed by atoms with Crippen LogP contribution in [0.15, 0.2) is 47.9 Å². The number of amides is 1. The molecule has 0 spiro atoms. The molecule has 1 aliphatic rings. The number of anilines is 1. The number of nitrogens with two attached hydrogens (primary N) is 1. The molecule has 0 saturated carbocycles. The summed E-state index contributed by atoms with van der Waals surface area (Å²) in [6.07, 6.45) is 2.78. The third kappa shape index (κ3) is 3.70. The van der Waals surface area contributed by atoms with Crippen molar-refractivity contribution in [1.29, 1.82) is 0 Å².